The number of hydrogen-bond acceptors (Lipinski definition) is 4. The Balaban J connectivity index is 2.95. The van der Waals surface area contributed by atoms with E-state index in [4.69, 9.17) is 5.11 Å². The van der Waals surface area contributed by atoms with E-state index in [-0.39, 0.29) is 22.5 Å². The van der Waals surface area contributed by atoms with Crippen LogP contribution in [-0.4, -0.2) is 23.2 Å². The molecule has 0 aliphatic heterocycles. The van der Waals surface area contributed by atoms with Crippen molar-refractivity contribution < 1.29 is 14.4 Å². The second-order valence-electron chi connectivity index (χ2n) is 3.04. The van der Waals surface area contributed by atoms with Crippen LogP contribution in [0.5, 0.6) is 0 Å². The quantitative estimate of drug-likeness (QED) is 0.496. The maximum Gasteiger partial charge on any atom is 0.293 e. The van der Waals surface area contributed by atoms with Gasteiger partial charge in [-0.3, -0.25) is 10.1 Å². The molecule has 2 N–H and O–H groups in total. The highest BCUT2D eigenvalue weighted by atomic mass is 79.9. The molecule has 0 aliphatic rings. The molecule has 88 valence electrons. The lowest BCUT2D eigenvalue weighted by Gasteiger charge is -2.07. The van der Waals surface area contributed by atoms with Gasteiger partial charge in [-0.25, -0.2) is 4.39 Å². The zero-order valence-corrected chi connectivity index (χ0v) is 9.83. The molecule has 0 amide bonds. The van der Waals surface area contributed by atoms with E-state index >= 15 is 0 Å². The van der Waals surface area contributed by atoms with Gasteiger partial charge in [0, 0.05) is 25.3 Å². The number of anilines is 1. The predicted octanol–water partition coefficient (Wildman–Crippen LogP) is 2.29. The average Bonchev–Trinajstić information content (AvgIpc) is 2.23. The summed E-state index contributed by atoms with van der Waals surface area (Å²) in [7, 11) is 0. The highest BCUT2D eigenvalue weighted by Gasteiger charge is 2.16. The highest BCUT2D eigenvalue weighted by molar-refractivity contribution is 9.10. The second-order valence-corrected chi connectivity index (χ2v) is 3.90. The summed E-state index contributed by atoms with van der Waals surface area (Å²) in [5, 5.41) is 22.0. The molecule has 0 atom stereocenters. The maximum atomic E-state index is 13.2. The van der Waals surface area contributed by atoms with E-state index in [1.165, 1.54) is 0 Å². The number of nitrogens with one attached hydrogen (secondary N) is 1. The molecule has 0 aromatic heterocycles. The molecule has 0 heterocycles. The molecule has 1 aromatic carbocycles. The third-order valence-electron chi connectivity index (χ3n) is 1.89. The first-order valence-corrected chi connectivity index (χ1v) is 5.33. The molecule has 5 nitrogen and oxygen atoms in total. The SMILES string of the molecule is O=[N+]([O-])c1cc(Br)c(F)cc1NCCCO. The van der Waals surface area contributed by atoms with Gasteiger partial charge in [0.1, 0.15) is 11.5 Å². The first-order valence-electron chi connectivity index (χ1n) is 4.54. The fourth-order valence-electron chi connectivity index (χ4n) is 1.13. The lowest BCUT2D eigenvalue weighted by molar-refractivity contribution is -0.384. The molecule has 16 heavy (non-hydrogen) atoms. The summed E-state index contributed by atoms with van der Waals surface area (Å²) in [5.41, 5.74) is -0.0923. The molecule has 0 spiro atoms. The zero-order valence-electron chi connectivity index (χ0n) is 8.24. The van der Waals surface area contributed by atoms with Gasteiger partial charge in [-0.05, 0) is 22.4 Å². The van der Waals surface area contributed by atoms with Crippen molar-refractivity contribution in [3.05, 3.63) is 32.5 Å². The largest absolute Gasteiger partial charge is 0.396 e. The number of hydrogen-bond donors (Lipinski definition) is 2. The maximum absolute atomic E-state index is 13.2. The summed E-state index contributed by atoms with van der Waals surface area (Å²) in [6.45, 7) is 0.318. The van der Waals surface area contributed by atoms with Gasteiger partial charge in [0.25, 0.3) is 5.69 Å². The molecule has 0 unspecified atom stereocenters. The van der Waals surface area contributed by atoms with Crippen LogP contribution in [0.15, 0.2) is 16.6 Å². The minimum atomic E-state index is -0.592. The number of aliphatic hydroxyl groups is 1. The third-order valence-corrected chi connectivity index (χ3v) is 2.49. The van der Waals surface area contributed by atoms with Gasteiger partial charge >= 0.3 is 0 Å². The van der Waals surface area contributed by atoms with Crippen molar-refractivity contribution in [3.8, 4) is 0 Å². The summed E-state index contributed by atoms with van der Waals surface area (Å²) >= 11 is 2.88. The number of nitrogens with zero attached hydrogens (tertiary/aromatic N) is 1. The topological polar surface area (TPSA) is 75.4 Å². The first-order chi connectivity index (χ1) is 7.56. The highest BCUT2D eigenvalue weighted by Crippen LogP contribution is 2.30. The van der Waals surface area contributed by atoms with Crippen LogP contribution in [0, 0.1) is 15.9 Å². The minimum Gasteiger partial charge on any atom is -0.396 e. The Kier molecular flexibility index (Phi) is 4.63. The molecule has 0 saturated heterocycles. The molecular weight excluding hydrogens is 283 g/mol. The van der Waals surface area contributed by atoms with Crippen molar-refractivity contribution >= 4 is 27.3 Å². The summed E-state index contributed by atoms with van der Waals surface area (Å²) in [4.78, 5) is 10.1. The van der Waals surface area contributed by atoms with E-state index in [0.29, 0.717) is 13.0 Å². The fraction of sp³-hybridized carbons (Fsp3) is 0.333. The number of rotatable bonds is 5. The van der Waals surface area contributed by atoms with Crippen molar-refractivity contribution in [1.29, 1.82) is 0 Å². The Morgan fingerprint density at radius 2 is 2.25 bits per heavy atom. The molecule has 0 radical (unpaired) electrons. The lowest BCUT2D eigenvalue weighted by atomic mass is 10.2. The number of nitro benzene ring substituents is 1. The van der Waals surface area contributed by atoms with Crippen LogP contribution in [0.3, 0.4) is 0 Å². The molecule has 0 saturated carbocycles. The van der Waals surface area contributed by atoms with Crippen LogP contribution in [0.25, 0.3) is 0 Å². The average molecular weight is 293 g/mol. The van der Waals surface area contributed by atoms with Gasteiger partial charge in [0.15, 0.2) is 0 Å². The van der Waals surface area contributed by atoms with Crippen LogP contribution in [0.2, 0.25) is 0 Å². The Hall–Kier alpha value is -1.21. The van der Waals surface area contributed by atoms with Crippen LogP contribution in [-0.2, 0) is 0 Å². The first kappa shape index (κ1) is 12.9. The number of aliphatic hydroxyl groups excluding tert-OH is 1. The van der Waals surface area contributed by atoms with Crippen LogP contribution < -0.4 is 5.32 Å². The Morgan fingerprint density at radius 3 is 2.81 bits per heavy atom. The van der Waals surface area contributed by atoms with E-state index in [2.05, 4.69) is 21.2 Å². The van der Waals surface area contributed by atoms with Crippen LogP contribution in [0.4, 0.5) is 15.8 Å². The van der Waals surface area contributed by atoms with Crippen molar-refractivity contribution in [2.24, 2.45) is 0 Å². The summed E-state index contributed by atoms with van der Waals surface area (Å²) in [6, 6.07) is 2.16. The molecule has 0 bridgehead atoms. The monoisotopic (exact) mass is 292 g/mol. The molecule has 0 aliphatic carbocycles. The molecular formula is C9H10BrFN2O3. The van der Waals surface area contributed by atoms with Crippen molar-refractivity contribution in [1.82, 2.24) is 0 Å². The van der Waals surface area contributed by atoms with Crippen LogP contribution >= 0.6 is 15.9 Å². The Labute approximate surface area is 99.6 Å². The Bertz CT molecular complexity index is 401. The second kappa shape index (κ2) is 5.76. The molecule has 0 fully saturated rings. The van der Waals surface area contributed by atoms with Gasteiger partial charge in [0.2, 0.25) is 0 Å². The smallest absolute Gasteiger partial charge is 0.293 e. The van der Waals surface area contributed by atoms with E-state index in [0.717, 1.165) is 12.1 Å². The van der Waals surface area contributed by atoms with Gasteiger partial charge in [-0.15, -0.1) is 0 Å². The minimum absolute atomic E-state index is 0.0280. The van der Waals surface area contributed by atoms with Gasteiger partial charge < -0.3 is 10.4 Å². The molecule has 1 rings (SSSR count). The third kappa shape index (κ3) is 3.14. The van der Waals surface area contributed by atoms with Crippen molar-refractivity contribution in [3.63, 3.8) is 0 Å². The summed E-state index contributed by atoms with van der Waals surface area (Å²) < 4.78 is 13.2. The van der Waals surface area contributed by atoms with E-state index in [1.807, 2.05) is 0 Å². The summed E-state index contributed by atoms with van der Waals surface area (Å²) in [6.07, 6.45) is 0.439. The van der Waals surface area contributed by atoms with Crippen LogP contribution in [0.1, 0.15) is 6.42 Å². The normalized spacial score (nSPS) is 10.2. The lowest BCUT2D eigenvalue weighted by Crippen LogP contribution is -2.06. The van der Waals surface area contributed by atoms with Crippen molar-refractivity contribution in [2.45, 2.75) is 6.42 Å². The summed E-state index contributed by atoms with van der Waals surface area (Å²) in [5.74, 6) is -0.572. The van der Waals surface area contributed by atoms with E-state index in [9.17, 15) is 14.5 Å². The Morgan fingerprint density at radius 1 is 1.56 bits per heavy atom. The molecule has 7 heteroatoms. The van der Waals surface area contributed by atoms with Gasteiger partial charge in [-0.2, -0.15) is 0 Å². The predicted molar refractivity (Wildman–Crippen MR) is 60.9 cm³/mol. The van der Waals surface area contributed by atoms with Gasteiger partial charge in [-0.1, -0.05) is 0 Å². The van der Waals surface area contributed by atoms with Crippen molar-refractivity contribution in [2.75, 3.05) is 18.5 Å². The van der Waals surface area contributed by atoms with Gasteiger partial charge in [0.05, 0.1) is 9.40 Å². The zero-order chi connectivity index (χ0) is 12.1. The number of halogens is 2. The number of nitro groups is 1. The molecule has 1 aromatic rings. The number of benzene rings is 1. The fourth-order valence-corrected chi connectivity index (χ4v) is 1.46. The standard InChI is InChI=1S/C9H10BrFN2O3/c10-6-4-9(13(15)16)8(5-7(6)11)12-2-1-3-14/h4-5,12,14H,1-3H2. The van der Waals surface area contributed by atoms with E-state index < -0.39 is 10.7 Å². The van der Waals surface area contributed by atoms with E-state index in [1.54, 1.807) is 0 Å².